The van der Waals surface area contributed by atoms with Crippen LogP contribution in [-0.4, -0.2) is 35.1 Å². The second-order valence-corrected chi connectivity index (χ2v) is 7.80. The monoisotopic (exact) mass is 502 g/mol. The highest BCUT2D eigenvalue weighted by atomic mass is 35.5. The summed E-state index contributed by atoms with van der Waals surface area (Å²) in [5.41, 5.74) is 0.901. The number of ether oxygens (including phenoxy) is 3. The first-order valence-electron chi connectivity index (χ1n) is 9.01. The fourth-order valence-corrected chi connectivity index (χ4v) is 4.11. The van der Waals surface area contributed by atoms with Crippen molar-refractivity contribution in [2.45, 2.75) is 13.0 Å². The summed E-state index contributed by atoms with van der Waals surface area (Å²) < 4.78 is 51.8. The number of hydrogen-bond acceptors (Lipinski definition) is 6. The van der Waals surface area contributed by atoms with Gasteiger partial charge in [0.1, 0.15) is 23.1 Å². The molecule has 0 aliphatic heterocycles. The largest absolute Gasteiger partial charge is 0.573 e. The summed E-state index contributed by atoms with van der Waals surface area (Å²) in [7, 11) is 0. The molecule has 3 rings (SSSR count). The summed E-state index contributed by atoms with van der Waals surface area (Å²) in [4.78, 5) is 22.4. The molecule has 12 heteroatoms. The van der Waals surface area contributed by atoms with Crippen LogP contribution in [0.2, 0.25) is 5.02 Å². The van der Waals surface area contributed by atoms with Crippen molar-refractivity contribution in [3.8, 4) is 27.7 Å². The second-order valence-electron chi connectivity index (χ2n) is 6.40. The summed E-state index contributed by atoms with van der Waals surface area (Å²) in [6.07, 6.45) is -4.81. The van der Waals surface area contributed by atoms with E-state index in [1.54, 1.807) is 30.3 Å². The van der Waals surface area contributed by atoms with Crippen molar-refractivity contribution in [2.24, 2.45) is 0 Å². The van der Waals surface area contributed by atoms with Crippen molar-refractivity contribution < 1.29 is 47.2 Å². The summed E-state index contributed by atoms with van der Waals surface area (Å²) >= 11 is 7.07. The summed E-state index contributed by atoms with van der Waals surface area (Å²) in [6.45, 7) is -0.833. The van der Waals surface area contributed by atoms with Gasteiger partial charge >= 0.3 is 18.3 Å². The van der Waals surface area contributed by atoms with Crippen LogP contribution < -0.4 is 14.2 Å². The lowest BCUT2D eigenvalue weighted by molar-refractivity contribution is -0.274. The lowest BCUT2D eigenvalue weighted by Gasteiger charge is -2.11. The number of hydrogen-bond donors (Lipinski definition) is 2. The maximum atomic E-state index is 12.4. The Bertz CT molecular complexity index is 1180. The molecule has 2 aromatic carbocycles. The Hall–Kier alpha value is -3.44. The number of aromatic carboxylic acids is 1. The minimum Gasteiger partial charge on any atom is -0.489 e. The highest BCUT2D eigenvalue weighted by Crippen LogP contribution is 2.46. The molecule has 1 aromatic heterocycles. The van der Waals surface area contributed by atoms with Crippen LogP contribution in [0, 0.1) is 0 Å². The number of rotatable bonds is 9. The van der Waals surface area contributed by atoms with Gasteiger partial charge in [0.2, 0.25) is 0 Å². The van der Waals surface area contributed by atoms with Gasteiger partial charge in [-0.25, -0.2) is 9.59 Å². The van der Waals surface area contributed by atoms with Crippen molar-refractivity contribution >= 4 is 34.9 Å². The number of thiophene rings is 1. The molecule has 174 valence electrons. The van der Waals surface area contributed by atoms with E-state index in [1.165, 1.54) is 18.2 Å². The van der Waals surface area contributed by atoms with Crippen LogP contribution in [0.5, 0.6) is 17.2 Å². The lowest BCUT2D eigenvalue weighted by Crippen LogP contribution is -2.17. The van der Waals surface area contributed by atoms with E-state index in [2.05, 4.69) is 4.74 Å². The molecule has 0 radical (unpaired) electrons. The number of alkyl halides is 3. The zero-order chi connectivity index (χ0) is 24.2. The summed E-state index contributed by atoms with van der Waals surface area (Å²) in [5, 5.41) is 18.1. The van der Waals surface area contributed by atoms with Gasteiger partial charge in [-0.2, -0.15) is 0 Å². The molecular formula is C21H14ClF3O7S. The molecule has 3 aromatic rings. The minimum absolute atomic E-state index is 0.0622. The average molecular weight is 503 g/mol. The highest BCUT2D eigenvalue weighted by Gasteiger charge is 2.31. The molecule has 0 fully saturated rings. The molecular weight excluding hydrogens is 489 g/mol. The van der Waals surface area contributed by atoms with E-state index in [9.17, 15) is 27.9 Å². The van der Waals surface area contributed by atoms with E-state index in [0.717, 1.165) is 11.3 Å². The summed E-state index contributed by atoms with van der Waals surface area (Å²) in [5.74, 6) is -2.92. The first-order valence-corrected chi connectivity index (χ1v) is 10.2. The van der Waals surface area contributed by atoms with Crippen LogP contribution >= 0.6 is 22.9 Å². The van der Waals surface area contributed by atoms with Gasteiger partial charge in [-0.05, 0) is 35.4 Å². The van der Waals surface area contributed by atoms with E-state index >= 15 is 0 Å². The van der Waals surface area contributed by atoms with Gasteiger partial charge in [0.15, 0.2) is 17.2 Å². The Balaban J connectivity index is 1.80. The molecule has 0 bridgehead atoms. The van der Waals surface area contributed by atoms with Crippen molar-refractivity contribution in [2.75, 3.05) is 6.61 Å². The van der Waals surface area contributed by atoms with Gasteiger partial charge in [0.05, 0.1) is 4.88 Å². The molecule has 0 aliphatic carbocycles. The summed E-state index contributed by atoms with van der Waals surface area (Å²) in [6, 6.07) is 11.7. The fourth-order valence-electron chi connectivity index (χ4n) is 2.71. The van der Waals surface area contributed by atoms with E-state index in [0.29, 0.717) is 21.8 Å². The van der Waals surface area contributed by atoms with Gasteiger partial charge in [0.25, 0.3) is 0 Å². The average Bonchev–Trinajstić information content (AvgIpc) is 3.06. The molecule has 0 spiro atoms. The first-order chi connectivity index (χ1) is 15.5. The number of aliphatic carboxylic acids is 1. The zero-order valence-electron chi connectivity index (χ0n) is 16.4. The molecule has 33 heavy (non-hydrogen) atoms. The molecule has 0 saturated carbocycles. The normalized spacial score (nSPS) is 11.2. The Morgan fingerprint density at radius 2 is 1.70 bits per heavy atom. The number of benzene rings is 2. The number of carboxylic acids is 2. The highest BCUT2D eigenvalue weighted by molar-refractivity contribution is 7.18. The van der Waals surface area contributed by atoms with Crippen LogP contribution in [0.25, 0.3) is 10.4 Å². The predicted molar refractivity (Wildman–Crippen MR) is 112 cm³/mol. The topological polar surface area (TPSA) is 102 Å². The molecule has 0 saturated heterocycles. The van der Waals surface area contributed by atoms with E-state index in [-0.39, 0.29) is 28.0 Å². The van der Waals surface area contributed by atoms with Crippen molar-refractivity contribution in [3.05, 3.63) is 64.0 Å². The quantitative estimate of drug-likeness (QED) is 0.386. The number of carbonyl (C=O) groups is 2. The van der Waals surface area contributed by atoms with Gasteiger partial charge in [-0.15, -0.1) is 24.5 Å². The number of halogens is 4. The third kappa shape index (κ3) is 6.53. The van der Waals surface area contributed by atoms with Gasteiger partial charge in [-0.3, -0.25) is 0 Å². The molecule has 7 nitrogen and oxygen atoms in total. The Labute approximate surface area is 193 Å². The molecule has 0 amide bonds. The molecule has 0 unspecified atom stereocenters. The lowest BCUT2D eigenvalue weighted by atomic mass is 10.1. The SMILES string of the molecule is O=C(O)COc1c(C(=O)O)sc(-c2cccc(OCc3cccc(OC(F)(F)F)c3)c2)c1Cl. The molecule has 0 atom stereocenters. The molecule has 2 N–H and O–H groups in total. The smallest absolute Gasteiger partial charge is 0.489 e. The van der Waals surface area contributed by atoms with E-state index < -0.39 is 24.9 Å². The molecule has 0 aliphatic rings. The van der Waals surface area contributed by atoms with Gasteiger partial charge < -0.3 is 24.4 Å². The van der Waals surface area contributed by atoms with Crippen LogP contribution in [0.3, 0.4) is 0 Å². The fraction of sp³-hybridized carbons (Fsp3) is 0.143. The minimum atomic E-state index is -4.81. The predicted octanol–water partition coefficient (Wildman–Crippen LogP) is 5.71. The van der Waals surface area contributed by atoms with Crippen molar-refractivity contribution in [1.82, 2.24) is 0 Å². The third-order valence-electron chi connectivity index (χ3n) is 3.98. The third-order valence-corrected chi connectivity index (χ3v) is 5.66. The van der Waals surface area contributed by atoms with E-state index in [1.807, 2.05) is 0 Å². The van der Waals surface area contributed by atoms with Crippen LogP contribution in [0.15, 0.2) is 48.5 Å². The standard InChI is InChI=1S/C21H14ClF3O7S/c22-16-17(31-10-15(26)27)19(20(28)29)33-18(16)12-4-2-5-13(8-12)30-9-11-3-1-6-14(7-11)32-21(23,24)25/h1-8H,9-10H2,(H,26,27)(H,28,29). The van der Waals surface area contributed by atoms with Crippen molar-refractivity contribution in [3.63, 3.8) is 0 Å². The van der Waals surface area contributed by atoms with Gasteiger partial charge in [-0.1, -0.05) is 35.9 Å². The van der Waals surface area contributed by atoms with Crippen LogP contribution in [-0.2, 0) is 11.4 Å². The van der Waals surface area contributed by atoms with E-state index in [4.69, 9.17) is 26.2 Å². The number of carboxylic acid groups (broad SMARTS) is 2. The van der Waals surface area contributed by atoms with Crippen molar-refractivity contribution in [1.29, 1.82) is 0 Å². The second kappa shape index (κ2) is 10.0. The maximum absolute atomic E-state index is 12.4. The Kier molecular flexibility index (Phi) is 7.34. The van der Waals surface area contributed by atoms with Gasteiger partial charge in [0, 0.05) is 0 Å². The maximum Gasteiger partial charge on any atom is 0.573 e. The Morgan fingerprint density at radius 1 is 1.00 bits per heavy atom. The Morgan fingerprint density at radius 3 is 2.36 bits per heavy atom. The van der Waals surface area contributed by atoms with Crippen LogP contribution in [0.4, 0.5) is 13.2 Å². The first kappa shape index (κ1) is 24.2. The zero-order valence-corrected chi connectivity index (χ0v) is 18.0. The molecule has 1 heterocycles. The van der Waals surface area contributed by atoms with Crippen LogP contribution in [0.1, 0.15) is 15.2 Å².